The summed E-state index contributed by atoms with van der Waals surface area (Å²) < 4.78 is 0. The molecular formula is C8H7B. The van der Waals surface area contributed by atoms with Gasteiger partial charge in [0.2, 0.25) is 0 Å². The second kappa shape index (κ2) is 6.74. The summed E-state index contributed by atoms with van der Waals surface area (Å²) in [6.07, 6.45) is 0.855. The van der Waals surface area contributed by atoms with Gasteiger partial charge in [-0.05, 0) is 36.9 Å². The van der Waals surface area contributed by atoms with Crippen molar-refractivity contribution in [1.82, 2.24) is 0 Å². The minimum atomic E-state index is 0.855. The molecule has 0 saturated heterocycles. The van der Waals surface area contributed by atoms with Gasteiger partial charge >= 0.3 is 0 Å². The Morgan fingerprint density at radius 1 is 1.11 bits per heavy atom. The van der Waals surface area contributed by atoms with Crippen LogP contribution in [0.15, 0.2) is 0 Å². The fraction of sp³-hybridized carbons (Fsp3) is 0.250. The Balaban J connectivity index is 3.71. The lowest BCUT2D eigenvalue weighted by atomic mass is 10.1. The van der Waals surface area contributed by atoms with E-state index in [2.05, 4.69) is 35.5 Å². The summed E-state index contributed by atoms with van der Waals surface area (Å²) in [5.74, 6) is 15.9. The van der Waals surface area contributed by atoms with E-state index >= 15 is 0 Å². The minimum absolute atomic E-state index is 0.855. The van der Waals surface area contributed by atoms with Crippen LogP contribution in [-0.4, -0.2) is 7.85 Å². The fourth-order valence-electron chi connectivity index (χ4n) is 0.258. The van der Waals surface area contributed by atoms with Gasteiger partial charge in [0.15, 0.2) is 0 Å². The van der Waals surface area contributed by atoms with Crippen LogP contribution >= 0.6 is 0 Å². The van der Waals surface area contributed by atoms with Crippen LogP contribution in [0.4, 0.5) is 0 Å². The van der Waals surface area contributed by atoms with Crippen molar-refractivity contribution in [3.63, 3.8) is 0 Å². The largest absolute Gasteiger partial charge is 0.116 e. The molecule has 0 unspecified atom stereocenters. The highest BCUT2D eigenvalue weighted by Crippen LogP contribution is 1.60. The van der Waals surface area contributed by atoms with Crippen molar-refractivity contribution in [3.8, 4) is 35.5 Å². The highest BCUT2D eigenvalue weighted by molar-refractivity contribution is 6.10. The van der Waals surface area contributed by atoms with Crippen molar-refractivity contribution in [1.29, 1.82) is 0 Å². The van der Waals surface area contributed by atoms with E-state index in [1.807, 2.05) is 7.85 Å². The van der Waals surface area contributed by atoms with Crippen LogP contribution in [0, 0.1) is 35.5 Å². The Labute approximate surface area is 57.4 Å². The van der Waals surface area contributed by atoms with E-state index in [9.17, 15) is 0 Å². The van der Waals surface area contributed by atoms with Crippen molar-refractivity contribution in [2.45, 2.75) is 13.2 Å². The standard InChI is InChI=1S/C8H7B/c1-2-3-4-5-6-7-8-9/h8-9H2,1H3. The molecule has 9 heavy (non-hydrogen) atoms. The average molecular weight is 114 g/mol. The third-order valence-electron chi connectivity index (χ3n) is 0.578. The van der Waals surface area contributed by atoms with Crippen LogP contribution in [0.2, 0.25) is 6.32 Å². The summed E-state index contributed by atoms with van der Waals surface area (Å²) in [5.41, 5.74) is 0. The van der Waals surface area contributed by atoms with Crippen molar-refractivity contribution in [2.75, 3.05) is 0 Å². The van der Waals surface area contributed by atoms with Crippen molar-refractivity contribution in [2.24, 2.45) is 0 Å². The van der Waals surface area contributed by atoms with Crippen molar-refractivity contribution < 1.29 is 0 Å². The van der Waals surface area contributed by atoms with Crippen LogP contribution < -0.4 is 0 Å². The molecule has 0 atom stereocenters. The predicted octanol–water partition coefficient (Wildman–Crippen LogP) is 0.0679. The van der Waals surface area contributed by atoms with Gasteiger partial charge in [0.05, 0.1) is 0 Å². The summed E-state index contributed by atoms with van der Waals surface area (Å²) in [6, 6.07) is 0. The lowest BCUT2D eigenvalue weighted by Crippen LogP contribution is -1.56. The molecule has 0 aliphatic carbocycles. The first-order valence-electron chi connectivity index (χ1n) is 2.81. The summed E-state index contributed by atoms with van der Waals surface area (Å²) in [7, 11) is 1.99. The van der Waals surface area contributed by atoms with E-state index in [-0.39, 0.29) is 0 Å². The van der Waals surface area contributed by atoms with Gasteiger partial charge in [-0.25, -0.2) is 0 Å². The molecule has 0 radical (unpaired) electrons. The van der Waals surface area contributed by atoms with E-state index in [4.69, 9.17) is 0 Å². The summed E-state index contributed by atoms with van der Waals surface area (Å²) in [6.45, 7) is 1.75. The molecule has 0 amide bonds. The van der Waals surface area contributed by atoms with Crippen molar-refractivity contribution in [3.05, 3.63) is 0 Å². The Morgan fingerprint density at radius 2 is 1.78 bits per heavy atom. The summed E-state index contributed by atoms with van der Waals surface area (Å²) in [5, 5.41) is 0. The molecule has 0 aromatic rings. The van der Waals surface area contributed by atoms with Crippen LogP contribution in [0.3, 0.4) is 0 Å². The lowest BCUT2D eigenvalue weighted by molar-refractivity contribution is 1.87. The highest BCUT2D eigenvalue weighted by atomic mass is 13.5. The van der Waals surface area contributed by atoms with Gasteiger partial charge < -0.3 is 0 Å². The van der Waals surface area contributed by atoms with Gasteiger partial charge in [0, 0.05) is 0 Å². The lowest BCUT2D eigenvalue weighted by Gasteiger charge is -1.59. The number of hydrogen-bond donors (Lipinski definition) is 0. The number of rotatable bonds is 0. The van der Waals surface area contributed by atoms with Crippen LogP contribution in [0.25, 0.3) is 0 Å². The molecular weight excluding hydrogens is 107 g/mol. The molecule has 0 N–H and O–H groups in total. The van der Waals surface area contributed by atoms with Gasteiger partial charge in [-0.2, -0.15) is 0 Å². The SMILES string of the molecule is BCC#CC#CC#CC. The predicted molar refractivity (Wildman–Crippen MR) is 42.4 cm³/mol. The molecule has 0 saturated carbocycles. The Morgan fingerprint density at radius 3 is 2.33 bits per heavy atom. The third kappa shape index (κ3) is 6.74. The zero-order valence-electron chi connectivity index (χ0n) is 5.71. The summed E-state index contributed by atoms with van der Waals surface area (Å²) >= 11 is 0. The zero-order chi connectivity index (χ0) is 6.95. The fourth-order valence-corrected chi connectivity index (χ4v) is 0.258. The molecule has 0 fully saturated rings. The molecule has 0 heterocycles. The molecule has 0 spiro atoms. The van der Waals surface area contributed by atoms with Gasteiger partial charge in [-0.1, -0.05) is 11.8 Å². The van der Waals surface area contributed by atoms with Gasteiger partial charge in [-0.3, -0.25) is 0 Å². The van der Waals surface area contributed by atoms with E-state index in [1.54, 1.807) is 6.92 Å². The molecule has 0 aliphatic heterocycles. The maximum absolute atomic E-state index is 2.82. The molecule has 0 aromatic heterocycles. The molecule has 42 valence electrons. The number of hydrogen-bond acceptors (Lipinski definition) is 0. The monoisotopic (exact) mass is 114 g/mol. The first-order chi connectivity index (χ1) is 4.41. The molecule has 0 bridgehead atoms. The van der Waals surface area contributed by atoms with E-state index in [0.29, 0.717) is 0 Å². The molecule has 0 aliphatic rings. The van der Waals surface area contributed by atoms with E-state index in [0.717, 1.165) is 6.32 Å². The van der Waals surface area contributed by atoms with Crippen LogP contribution in [0.5, 0.6) is 0 Å². The normalized spacial score (nSPS) is 4.56. The highest BCUT2D eigenvalue weighted by Gasteiger charge is 1.56. The quantitative estimate of drug-likeness (QED) is 0.308. The third-order valence-corrected chi connectivity index (χ3v) is 0.578. The zero-order valence-corrected chi connectivity index (χ0v) is 5.71. The molecule has 0 nitrogen and oxygen atoms in total. The Bertz CT molecular complexity index is 231. The first-order valence-corrected chi connectivity index (χ1v) is 2.81. The second-order valence-electron chi connectivity index (χ2n) is 1.28. The van der Waals surface area contributed by atoms with Gasteiger partial charge in [0.25, 0.3) is 0 Å². The summed E-state index contributed by atoms with van der Waals surface area (Å²) in [4.78, 5) is 0. The Kier molecular flexibility index (Phi) is 5.80. The van der Waals surface area contributed by atoms with Crippen LogP contribution in [-0.2, 0) is 0 Å². The minimum Gasteiger partial charge on any atom is -0.0979 e. The smallest absolute Gasteiger partial charge is 0.0979 e. The van der Waals surface area contributed by atoms with Gasteiger partial charge in [0.1, 0.15) is 7.85 Å². The second-order valence-corrected chi connectivity index (χ2v) is 1.28. The van der Waals surface area contributed by atoms with Gasteiger partial charge in [-0.15, -0.1) is 0 Å². The maximum atomic E-state index is 2.82. The maximum Gasteiger partial charge on any atom is 0.116 e. The van der Waals surface area contributed by atoms with Crippen molar-refractivity contribution >= 4 is 7.85 Å². The Hall–Kier alpha value is -1.26. The van der Waals surface area contributed by atoms with Crippen LogP contribution in [0.1, 0.15) is 6.92 Å². The van der Waals surface area contributed by atoms with E-state index < -0.39 is 0 Å². The molecule has 0 rings (SSSR count). The molecule has 1 heteroatoms. The average Bonchev–Trinajstić information content (AvgIpc) is 1.89. The molecule has 0 aromatic carbocycles. The first kappa shape index (κ1) is 7.74. The topological polar surface area (TPSA) is 0 Å². The van der Waals surface area contributed by atoms with E-state index in [1.165, 1.54) is 0 Å².